The number of benzene rings is 1. The molecule has 0 bridgehead atoms. The van der Waals surface area contributed by atoms with E-state index in [1.54, 1.807) is 13.2 Å². The van der Waals surface area contributed by atoms with Crippen molar-refractivity contribution >= 4 is 11.6 Å². The quantitative estimate of drug-likeness (QED) is 0.513. The molecule has 180 valence electrons. The minimum Gasteiger partial charge on any atom is -0.493 e. The predicted octanol–water partition coefficient (Wildman–Crippen LogP) is 4.37. The monoisotopic (exact) mass is 469 g/mol. The van der Waals surface area contributed by atoms with E-state index in [1.807, 2.05) is 12.1 Å². The molecule has 0 radical (unpaired) electrons. The van der Waals surface area contributed by atoms with Crippen LogP contribution in [0.25, 0.3) is 0 Å². The van der Waals surface area contributed by atoms with Crippen molar-refractivity contribution in [3.63, 3.8) is 0 Å². The highest BCUT2D eigenvalue weighted by atomic mass is 16.6. The van der Waals surface area contributed by atoms with E-state index in [0.717, 1.165) is 12.8 Å². The summed E-state index contributed by atoms with van der Waals surface area (Å²) >= 11 is 0. The third-order valence-electron chi connectivity index (χ3n) is 5.78. The number of hydrogen-bond acceptors (Lipinski definition) is 9. The number of carbonyl (C=O) groups is 1. The van der Waals surface area contributed by atoms with Gasteiger partial charge in [-0.2, -0.15) is 9.97 Å². The number of furan rings is 1. The van der Waals surface area contributed by atoms with Crippen LogP contribution in [-0.2, 0) is 11.8 Å². The zero-order valence-electron chi connectivity index (χ0n) is 20.0. The Kier molecular flexibility index (Phi) is 6.23. The Balaban J connectivity index is 1.57. The average Bonchev–Trinajstić information content (AvgIpc) is 3.42. The molecule has 10 nitrogen and oxygen atoms in total. The van der Waals surface area contributed by atoms with Gasteiger partial charge in [-0.3, -0.25) is 4.79 Å². The van der Waals surface area contributed by atoms with E-state index < -0.39 is 5.91 Å². The highest BCUT2D eigenvalue weighted by Gasteiger charge is 2.31. The summed E-state index contributed by atoms with van der Waals surface area (Å²) in [7, 11) is 5.81. The standard InChI is InChI=1S/C24H27N3O7/c1-24(2)10-9-13-11-16(29-3)17(12-14(13)24)34-18-8-7-15(33-18)20(28)25-19-21(30-4)26-23(32-6)27-22(19)31-5/h7-8,11-12H,9-10H2,1-6H3,(H,25,28). The molecule has 1 amide bonds. The maximum absolute atomic E-state index is 12.8. The number of carbonyl (C=O) groups excluding carboxylic acids is 1. The molecule has 0 unspecified atom stereocenters. The molecule has 1 N–H and O–H groups in total. The Morgan fingerprint density at radius 3 is 2.29 bits per heavy atom. The second-order valence-electron chi connectivity index (χ2n) is 8.32. The van der Waals surface area contributed by atoms with Crippen molar-refractivity contribution in [3.8, 4) is 35.2 Å². The number of rotatable bonds is 8. The lowest BCUT2D eigenvalue weighted by Gasteiger charge is -2.20. The van der Waals surface area contributed by atoms with E-state index >= 15 is 0 Å². The van der Waals surface area contributed by atoms with Crippen molar-refractivity contribution in [1.29, 1.82) is 0 Å². The molecule has 0 aliphatic heterocycles. The van der Waals surface area contributed by atoms with Gasteiger partial charge in [0, 0.05) is 6.07 Å². The van der Waals surface area contributed by atoms with Crippen LogP contribution < -0.4 is 29.0 Å². The highest BCUT2D eigenvalue weighted by Crippen LogP contribution is 2.45. The number of anilines is 1. The second kappa shape index (κ2) is 9.12. The van der Waals surface area contributed by atoms with Crippen molar-refractivity contribution in [2.45, 2.75) is 32.1 Å². The molecule has 2 heterocycles. The molecular formula is C24H27N3O7. The van der Waals surface area contributed by atoms with Crippen LogP contribution in [0.4, 0.5) is 5.69 Å². The summed E-state index contributed by atoms with van der Waals surface area (Å²) in [6.07, 6.45) is 2.05. The molecule has 1 aliphatic rings. The number of methoxy groups -OCH3 is 4. The third kappa shape index (κ3) is 4.30. The lowest BCUT2D eigenvalue weighted by molar-refractivity contribution is 0.0990. The van der Waals surface area contributed by atoms with Crippen molar-refractivity contribution < 1.29 is 32.9 Å². The van der Waals surface area contributed by atoms with Crippen LogP contribution in [0.3, 0.4) is 0 Å². The van der Waals surface area contributed by atoms with E-state index in [2.05, 4.69) is 29.1 Å². The second-order valence-corrected chi connectivity index (χ2v) is 8.32. The van der Waals surface area contributed by atoms with Gasteiger partial charge in [0.1, 0.15) is 0 Å². The first kappa shape index (κ1) is 23.2. The summed E-state index contributed by atoms with van der Waals surface area (Å²) in [5.41, 5.74) is 2.65. The largest absolute Gasteiger partial charge is 0.493 e. The molecule has 3 aromatic rings. The van der Waals surface area contributed by atoms with Crippen LogP contribution in [0.2, 0.25) is 0 Å². The van der Waals surface area contributed by atoms with Crippen molar-refractivity contribution in [1.82, 2.24) is 9.97 Å². The zero-order valence-corrected chi connectivity index (χ0v) is 20.0. The number of aryl methyl sites for hydroxylation is 1. The van der Waals surface area contributed by atoms with Crippen LogP contribution in [0.15, 0.2) is 28.7 Å². The Bertz CT molecular complexity index is 1190. The van der Waals surface area contributed by atoms with Crippen LogP contribution in [0.5, 0.6) is 35.2 Å². The van der Waals surface area contributed by atoms with Gasteiger partial charge in [-0.15, -0.1) is 0 Å². The van der Waals surface area contributed by atoms with E-state index in [-0.39, 0.29) is 40.6 Å². The third-order valence-corrected chi connectivity index (χ3v) is 5.78. The number of ether oxygens (including phenoxy) is 5. The van der Waals surface area contributed by atoms with Gasteiger partial charge in [0.2, 0.25) is 11.8 Å². The Morgan fingerprint density at radius 2 is 1.68 bits per heavy atom. The lowest BCUT2D eigenvalue weighted by atomic mass is 9.86. The topological polar surface area (TPSA) is 114 Å². The maximum atomic E-state index is 12.8. The molecule has 34 heavy (non-hydrogen) atoms. The first-order valence-electron chi connectivity index (χ1n) is 10.6. The minimum atomic E-state index is -0.567. The molecule has 0 saturated heterocycles. The average molecular weight is 469 g/mol. The summed E-state index contributed by atoms with van der Waals surface area (Å²) in [5, 5.41) is 2.65. The molecule has 0 spiro atoms. The number of hydrogen-bond donors (Lipinski definition) is 1. The number of nitrogens with zero attached hydrogens (tertiary/aromatic N) is 2. The van der Waals surface area contributed by atoms with Crippen LogP contribution in [0, 0.1) is 0 Å². The number of amides is 1. The Labute approximate surface area is 197 Å². The molecule has 10 heteroatoms. The number of aromatic nitrogens is 2. The van der Waals surface area contributed by atoms with Crippen molar-refractivity contribution in [2.75, 3.05) is 33.8 Å². The van der Waals surface area contributed by atoms with E-state index in [0.29, 0.717) is 11.5 Å². The first-order chi connectivity index (χ1) is 16.3. The molecular weight excluding hydrogens is 442 g/mol. The van der Waals surface area contributed by atoms with Gasteiger partial charge in [0.25, 0.3) is 11.9 Å². The molecule has 0 atom stereocenters. The number of fused-ring (bicyclic) bond motifs is 1. The smallest absolute Gasteiger partial charge is 0.322 e. The van der Waals surface area contributed by atoms with E-state index in [4.69, 9.17) is 28.1 Å². The van der Waals surface area contributed by atoms with Crippen molar-refractivity contribution in [3.05, 3.63) is 41.2 Å². The Morgan fingerprint density at radius 1 is 0.971 bits per heavy atom. The van der Waals surface area contributed by atoms with Gasteiger partial charge in [0.15, 0.2) is 22.9 Å². The molecule has 0 fully saturated rings. The highest BCUT2D eigenvalue weighted by molar-refractivity contribution is 6.03. The summed E-state index contributed by atoms with van der Waals surface area (Å²) in [6.45, 7) is 4.41. The first-order valence-corrected chi connectivity index (χ1v) is 10.6. The normalized spacial score (nSPS) is 13.7. The SMILES string of the molecule is COc1nc(OC)c(NC(=O)c2ccc(Oc3cc4c(cc3OC)CCC4(C)C)o2)c(OC)n1. The number of nitrogens with one attached hydrogen (secondary N) is 1. The van der Waals surface area contributed by atoms with Gasteiger partial charge >= 0.3 is 6.01 Å². The summed E-state index contributed by atoms with van der Waals surface area (Å²) in [6, 6.07) is 7.07. The summed E-state index contributed by atoms with van der Waals surface area (Å²) < 4.78 is 32.6. The van der Waals surface area contributed by atoms with Gasteiger partial charge < -0.3 is 33.4 Å². The van der Waals surface area contributed by atoms with Gasteiger partial charge in [0.05, 0.1) is 28.4 Å². The minimum absolute atomic E-state index is 0.00961. The fraction of sp³-hybridized carbons (Fsp3) is 0.375. The Hall–Kier alpha value is -3.95. The fourth-order valence-corrected chi connectivity index (χ4v) is 3.94. The summed E-state index contributed by atoms with van der Waals surface area (Å²) in [5.74, 6) is 0.853. The fourth-order valence-electron chi connectivity index (χ4n) is 3.94. The van der Waals surface area contributed by atoms with Gasteiger partial charge in [-0.25, -0.2) is 0 Å². The molecule has 1 aliphatic carbocycles. The van der Waals surface area contributed by atoms with Gasteiger partial charge in [-0.05, 0) is 47.6 Å². The maximum Gasteiger partial charge on any atom is 0.322 e. The summed E-state index contributed by atoms with van der Waals surface area (Å²) in [4.78, 5) is 21.0. The predicted molar refractivity (Wildman–Crippen MR) is 123 cm³/mol. The zero-order chi connectivity index (χ0) is 24.5. The van der Waals surface area contributed by atoms with Gasteiger partial charge in [-0.1, -0.05) is 13.8 Å². The van der Waals surface area contributed by atoms with Crippen molar-refractivity contribution in [2.24, 2.45) is 0 Å². The molecule has 0 saturated carbocycles. The van der Waals surface area contributed by atoms with Crippen LogP contribution >= 0.6 is 0 Å². The lowest BCUT2D eigenvalue weighted by Crippen LogP contribution is -2.14. The van der Waals surface area contributed by atoms with E-state index in [9.17, 15) is 4.79 Å². The molecule has 4 rings (SSSR count). The van der Waals surface area contributed by atoms with Crippen LogP contribution in [0.1, 0.15) is 41.9 Å². The molecule has 2 aromatic heterocycles. The molecule has 1 aromatic carbocycles. The van der Waals surface area contributed by atoms with Crippen LogP contribution in [-0.4, -0.2) is 44.3 Å². The van der Waals surface area contributed by atoms with E-state index in [1.165, 1.54) is 38.5 Å².